The minimum atomic E-state index is -0.156. The highest BCUT2D eigenvalue weighted by Gasteiger charge is 2.42. The maximum Gasteiger partial charge on any atom is 0.0705 e. The Kier molecular flexibility index (Phi) is 3.08. The topological polar surface area (TPSA) is 23.2 Å². The summed E-state index contributed by atoms with van der Waals surface area (Å²) in [4.78, 5) is 2.35. The highest BCUT2D eigenvalue weighted by Crippen LogP contribution is 2.33. The minimum Gasteiger partial charge on any atom is -0.391 e. The van der Waals surface area contributed by atoms with Crippen molar-refractivity contribution in [1.29, 1.82) is 0 Å². The number of hydrogen-bond donors (Lipinski definition) is 1. The number of aliphatic hydroxyl groups is 1. The predicted octanol–water partition coefficient (Wildman–Crippen LogP) is 2.20. The van der Waals surface area contributed by atoms with Gasteiger partial charge in [-0.25, -0.2) is 0 Å². The summed E-state index contributed by atoms with van der Waals surface area (Å²) in [7, 11) is 0. The van der Waals surface area contributed by atoms with Gasteiger partial charge < -0.3 is 5.11 Å². The van der Waals surface area contributed by atoms with Crippen molar-refractivity contribution in [2.75, 3.05) is 6.54 Å². The Morgan fingerprint density at radius 3 is 2.67 bits per heavy atom. The van der Waals surface area contributed by atoms with Crippen LogP contribution in [-0.2, 0) is 0 Å². The summed E-state index contributed by atoms with van der Waals surface area (Å²) in [6.45, 7) is 5.27. The molecule has 0 saturated carbocycles. The monoisotopic (exact) mass is 205 g/mol. The molecule has 0 spiro atoms. The van der Waals surface area contributed by atoms with Crippen LogP contribution in [0.1, 0.15) is 31.9 Å². The molecule has 2 heteroatoms. The lowest BCUT2D eigenvalue weighted by atomic mass is 10.1. The summed E-state index contributed by atoms with van der Waals surface area (Å²) in [5, 5.41) is 9.72. The van der Waals surface area contributed by atoms with Crippen LogP contribution in [0.15, 0.2) is 30.3 Å². The first-order valence-corrected chi connectivity index (χ1v) is 5.72. The Bertz CT molecular complexity index is 312. The van der Waals surface area contributed by atoms with Crippen LogP contribution in [0.5, 0.6) is 0 Å². The molecule has 1 aromatic carbocycles. The summed E-state index contributed by atoms with van der Waals surface area (Å²) in [6, 6.07) is 11.3. The van der Waals surface area contributed by atoms with E-state index in [1.54, 1.807) is 0 Å². The zero-order valence-electron chi connectivity index (χ0n) is 9.43. The van der Waals surface area contributed by atoms with Crippen LogP contribution in [0.3, 0.4) is 0 Å². The number of nitrogens with zero attached hydrogens (tertiary/aromatic N) is 1. The molecule has 1 aliphatic heterocycles. The number of aliphatic hydroxyl groups excluding tert-OH is 1. The average Bonchev–Trinajstić information content (AvgIpc) is 3.08. The molecule has 4 atom stereocenters. The Morgan fingerprint density at radius 2 is 2.07 bits per heavy atom. The second kappa shape index (κ2) is 4.33. The molecule has 2 rings (SSSR count). The van der Waals surface area contributed by atoms with Crippen molar-refractivity contribution in [3.05, 3.63) is 35.9 Å². The second-order valence-electron chi connectivity index (χ2n) is 4.33. The molecule has 0 amide bonds. The third kappa shape index (κ3) is 2.21. The summed E-state index contributed by atoms with van der Waals surface area (Å²) < 4.78 is 0. The van der Waals surface area contributed by atoms with Gasteiger partial charge in [-0.15, -0.1) is 0 Å². The van der Waals surface area contributed by atoms with Crippen molar-refractivity contribution < 1.29 is 5.11 Å². The first-order valence-electron chi connectivity index (χ1n) is 5.72. The fraction of sp³-hybridized carbons (Fsp3) is 0.538. The highest BCUT2D eigenvalue weighted by atomic mass is 16.3. The Hall–Kier alpha value is -0.860. The largest absolute Gasteiger partial charge is 0.391 e. The number of rotatable bonds is 4. The molecule has 0 aliphatic carbocycles. The van der Waals surface area contributed by atoms with Gasteiger partial charge in [0.25, 0.3) is 0 Å². The van der Waals surface area contributed by atoms with Crippen LogP contribution in [0, 0.1) is 0 Å². The van der Waals surface area contributed by atoms with E-state index < -0.39 is 0 Å². The van der Waals surface area contributed by atoms with Crippen molar-refractivity contribution in [2.24, 2.45) is 0 Å². The van der Waals surface area contributed by atoms with Crippen molar-refractivity contribution >= 4 is 0 Å². The third-order valence-corrected chi connectivity index (χ3v) is 3.33. The zero-order valence-corrected chi connectivity index (χ0v) is 9.43. The molecule has 2 nitrogen and oxygen atoms in total. The lowest BCUT2D eigenvalue weighted by molar-refractivity contribution is 0.145. The summed E-state index contributed by atoms with van der Waals surface area (Å²) in [6.07, 6.45) is 0.694. The van der Waals surface area contributed by atoms with Crippen LogP contribution in [0.25, 0.3) is 0 Å². The maximum absolute atomic E-state index is 9.72. The Balaban J connectivity index is 1.97. The molecule has 1 heterocycles. The molecule has 1 fully saturated rings. The molecule has 0 radical (unpaired) electrons. The quantitative estimate of drug-likeness (QED) is 0.762. The van der Waals surface area contributed by atoms with E-state index in [1.165, 1.54) is 5.56 Å². The van der Waals surface area contributed by atoms with Crippen molar-refractivity contribution in [3.8, 4) is 0 Å². The standard InChI is InChI=1S/C13H19NO/c1-3-13(15)12-9-14(12)10(2)11-7-5-4-6-8-11/h4-8,10,12-13,15H,3,9H2,1-2H3/t10-,12-,13-,14?/m1/s1. The van der Waals surface area contributed by atoms with E-state index in [-0.39, 0.29) is 6.10 Å². The zero-order chi connectivity index (χ0) is 10.8. The normalized spacial score (nSPS) is 28.5. The number of benzene rings is 1. The van der Waals surface area contributed by atoms with Crippen LogP contribution in [-0.4, -0.2) is 28.7 Å². The molecular formula is C13H19NO. The SMILES string of the molecule is CC[C@@H](O)[C@H]1CN1[C@H](C)c1ccccc1. The molecule has 1 aliphatic rings. The Labute approximate surface area is 91.5 Å². The van der Waals surface area contributed by atoms with Crippen LogP contribution in [0.4, 0.5) is 0 Å². The first-order chi connectivity index (χ1) is 7.24. The third-order valence-electron chi connectivity index (χ3n) is 3.33. The molecule has 0 bridgehead atoms. The lowest BCUT2D eigenvalue weighted by Crippen LogP contribution is -2.19. The van der Waals surface area contributed by atoms with E-state index in [9.17, 15) is 5.11 Å². The average molecular weight is 205 g/mol. The van der Waals surface area contributed by atoms with Crippen LogP contribution in [0.2, 0.25) is 0 Å². The molecule has 1 unspecified atom stereocenters. The van der Waals surface area contributed by atoms with Gasteiger partial charge in [-0.3, -0.25) is 4.90 Å². The summed E-state index contributed by atoms with van der Waals surface area (Å²) in [5.74, 6) is 0. The van der Waals surface area contributed by atoms with E-state index in [2.05, 4.69) is 36.1 Å². The molecule has 82 valence electrons. The number of hydrogen-bond acceptors (Lipinski definition) is 2. The van der Waals surface area contributed by atoms with Gasteiger partial charge in [0, 0.05) is 18.6 Å². The van der Waals surface area contributed by atoms with Gasteiger partial charge in [0.15, 0.2) is 0 Å². The van der Waals surface area contributed by atoms with Gasteiger partial charge in [0.05, 0.1) is 6.10 Å². The van der Waals surface area contributed by atoms with Crippen LogP contribution < -0.4 is 0 Å². The first kappa shape index (κ1) is 10.7. The molecule has 1 aromatic rings. The fourth-order valence-electron chi connectivity index (χ4n) is 2.15. The van der Waals surface area contributed by atoms with E-state index in [4.69, 9.17) is 0 Å². The molecule has 1 saturated heterocycles. The van der Waals surface area contributed by atoms with Gasteiger partial charge in [-0.1, -0.05) is 37.3 Å². The maximum atomic E-state index is 9.72. The van der Waals surface area contributed by atoms with Gasteiger partial charge in [-0.2, -0.15) is 0 Å². The van der Waals surface area contributed by atoms with E-state index >= 15 is 0 Å². The fourth-order valence-corrected chi connectivity index (χ4v) is 2.15. The molecular weight excluding hydrogens is 186 g/mol. The van der Waals surface area contributed by atoms with E-state index in [0.717, 1.165) is 13.0 Å². The van der Waals surface area contributed by atoms with Gasteiger partial charge in [0.1, 0.15) is 0 Å². The van der Waals surface area contributed by atoms with Crippen molar-refractivity contribution in [1.82, 2.24) is 4.90 Å². The predicted molar refractivity (Wildman–Crippen MR) is 61.6 cm³/mol. The smallest absolute Gasteiger partial charge is 0.0705 e. The lowest BCUT2D eigenvalue weighted by Gasteiger charge is -2.16. The van der Waals surface area contributed by atoms with Crippen molar-refractivity contribution in [3.63, 3.8) is 0 Å². The van der Waals surface area contributed by atoms with E-state index in [1.807, 2.05) is 13.0 Å². The molecule has 0 aromatic heterocycles. The molecule has 15 heavy (non-hydrogen) atoms. The van der Waals surface area contributed by atoms with E-state index in [0.29, 0.717) is 12.1 Å². The highest BCUT2D eigenvalue weighted by molar-refractivity contribution is 5.20. The second-order valence-corrected chi connectivity index (χ2v) is 4.33. The Morgan fingerprint density at radius 1 is 1.40 bits per heavy atom. The van der Waals surface area contributed by atoms with Gasteiger partial charge >= 0.3 is 0 Å². The van der Waals surface area contributed by atoms with Gasteiger partial charge in [0.2, 0.25) is 0 Å². The summed E-state index contributed by atoms with van der Waals surface area (Å²) >= 11 is 0. The summed E-state index contributed by atoms with van der Waals surface area (Å²) in [5.41, 5.74) is 1.34. The van der Waals surface area contributed by atoms with Gasteiger partial charge in [-0.05, 0) is 18.9 Å². The molecule has 1 N–H and O–H groups in total. The minimum absolute atomic E-state index is 0.156. The van der Waals surface area contributed by atoms with Crippen LogP contribution >= 0.6 is 0 Å². The van der Waals surface area contributed by atoms with Crippen molar-refractivity contribution in [2.45, 2.75) is 38.5 Å².